The number of benzene rings is 1. The quantitative estimate of drug-likeness (QED) is 0.840. The highest BCUT2D eigenvalue weighted by atomic mass is 16.3. The molecule has 0 bridgehead atoms. The van der Waals surface area contributed by atoms with E-state index in [0.29, 0.717) is 11.4 Å². The van der Waals surface area contributed by atoms with Gasteiger partial charge in [-0.25, -0.2) is 0 Å². The summed E-state index contributed by atoms with van der Waals surface area (Å²) in [7, 11) is 0. The zero-order chi connectivity index (χ0) is 14.2. The van der Waals surface area contributed by atoms with E-state index in [2.05, 4.69) is 0 Å². The molecule has 0 unspecified atom stereocenters. The number of nitrogens with zero attached hydrogens (tertiary/aromatic N) is 1. The summed E-state index contributed by atoms with van der Waals surface area (Å²) in [6, 6.07) is 8.85. The molecule has 98 valence electrons. The summed E-state index contributed by atoms with van der Waals surface area (Å²) in [6.45, 7) is 4.91. The lowest BCUT2D eigenvalue weighted by Crippen LogP contribution is -2.26. The van der Waals surface area contributed by atoms with Gasteiger partial charge in [-0.15, -0.1) is 0 Å². The first-order valence-electron chi connectivity index (χ1n) is 5.95. The minimum Gasteiger partial charge on any atom is -0.507 e. The van der Waals surface area contributed by atoms with Crippen molar-refractivity contribution in [2.24, 2.45) is 0 Å². The molecule has 0 saturated heterocycles. The highest BCUT2D eigenvalue weighted by Gasteiger charge is 2.17. The van der Waals surface area contributed by atoms with Crippen LogP contribution in [0.1, 0.15) is 28.5 Å². The van der Waals surface area contributed by atoms with Crippen molar-refractivity contribution in [3.8, 4) is 11.4 Å². The number of hydrogen-bond acceptors (Lipinski definition) is 3. The third-order valence-corrected chi connectivity index (χ3v) is 2.98. The molecule has 4 heteroatoms. The van der Waals surface area contributed by atoms with Gasteiger partial charge in [0.25, 0.3) is 5.56 Å². The fourth-order valence-corrected chi connectivity index (χ4v) is 2.14. The maximum Gasteiger partial charge on any atom is 0.269 e. The molecule has 19 heavy (non-hydrogen) atoms. The molecular weight excluding hydrogens is 242 g/mol. The van der Waals surface area contributed by atoms with Crippen LogP contribution in [-0.2, 0) is 0 Å². The van der Waals surface area contributed by atoms with E-state index in [-0.39, 0.29) is 11.3 Å². The van der Waals surface area contributed by atoms with E-state index in [1.165, 1.54) is 17.6 Å². The monoisotopic (exact) mass is 257 g/mol. The summed E-state index contributed by atoms with van der Waals surface area (Å²) in [5.74, 6) is -0.706. The molecule has 0 saturated carbocycles. The molecule has 0 spiro atoms. The van der Waals surface area contributed by atoms with Crippen molar-refractivity contribution in [1.82, 2.24) is 4.57 Å². The predicted octanol–water partition coefficient (Wildman–Crippen LogP) is 2.36. The maximum atomic E-state index is 12.3. The molecule has 2 rings (SSSR count). The van der Waals surface area contributed by atoms with Crippen molar-refractivity contribution in [3.63, 3.8) is 0 Å². The Balaban J connectivity index is 2.81. The Kier molecular flexibility index (Phi) is 3.25. The second-order valence-electron chi connectivity index (χ2n) is 4.58. The first-order chi connectivity index (χ1) is 8.91. The van der Waals surface area contributed by atoms with Crippen LogP contribution in [0.5, 0.6) is 5.75 Å². The van der Waals surface area contributed by atoms with Crippen molar-refractivity contribution < 1.29 is 9.90 Å². The van der Waals surface area contributed by atoms with Gasteiger partial charge in [-0.1, -0.05) is 12.1 Å². The van der Waals surface area contributed by atoms with Crippen LogP contribution in [0.15, 0.2) is 35.1 Å². The Bertz CT molecular complexity index is 714. The Morgan fingerprint density at radius 1 is 1.21 bits per heavy atom. The van der Waals surface area contributed by atoms with Gasteiger partial charge in [0, 0.05) is 17.4 Å². The zero-order valence-electron chi connectivity index (χ0n) is 11.1. The summed E-state index contributed by atoms with van der Waals surface area (Å²) in [4.78, 5) is 23.8. The molecule has 1 aromatic heterocycles. The highest BCUT2D eigenvalue weighted by molar-refractivity contribution is 5.96. The molecule has 1 aromatic carbocycles. The fraction of sp³-hybridized carbons (Fsp3) is 0.200. The maximum absolute atomic E-state index is 12.3. The number of pyridine rings is 1. The number of carbonyl (C=O) groups is 1. The van der Waals surface area contributed by atoms with Crippen LogP contribution < -0.4 is 5.56 Å². The Morgan fingerprint density at radius 2 is 1.89 bits per heavy atom. The largest absolute Gasteiger partial charge is 0.507 e. The molecule has 0 aliphatic carbocycles. The average Bonchev–Trinajstić information content (AvgIpc) is 2.27. The normalized spacial score (nSPS) is 10.5. The third kappa shape index (κ3) is 2.29. The number of carbonyl (C=O) groups excluding carboxylic acids is 1. The van der Waals surface area contributed by atoms with Crippen LogP contribution >= 0.6 is 0 Å². The number of aryl methyl sites for hydroxylation is 2. The number of aromatic nitrogens is 1. The smallest absolute Gasteiger partial charge is 0.269 e. The molecule has 0 aliphatic heterocycles. The minimum atomic E-state index is -0.490. The van der Waals surface area contributed by atoms with E-state index >= 15 is 0 Å². The van der Waals surface area contributed by atoms with E-state index in [0.717, 1.165) is 5.56 Å². The van der Waals surface area contributed by atoms with Gasteiger partial charge in [0.05, 0.1) is 0 Å². The lowest BCUT2D eigenvalue weighted by atomic mass is 10.1. The fourth-order valence-electron chi connectivity index (χ4n) is 2.14. The first-order valence-corrected chi connectivity index (χ1v) is 5.95. The topological polar surface area (TPSA) is 59.3 Å². The lowest BCUT2D eigenvalue weighted by Gasteiger charge is -2.13. The second-order valence-corrected chi connectivity index (χ2v) is 4.58. The van der Waals surface area contributed by atoms with Crippen LogP contribution in [0.25, 0.3) is 5.69 Å². The molecule has 1 N–H and O–H groups in total. The van der Waals surface area contributed by atoms with Gasteiger partial charge < -0.3 is 5.11 Å². The van der Waals surface area contributed by atoms with E-state index in [9.17, 15) is 14.7 Å². The Morgan fingerprint density at radius 3 is 2.47 bits per heavy atom. The molecule has 0 radical (unpaired) electrons. The van der Waals surface area contributed by atoms with Gasteiger partial charge in [-0.05, 0) is 38.5 Å². The van der Waals surface area contributed by atoms with Crippen LogP contribution in [-0.4, -0.2) is 15.5 Å². The second kappa shape index (κ2) is 4.72. The molecule has 0 fully saturated rings. The summed E-state index contributed by atoms with van der Waals surface area (Å²) in [6.07, 6.45) is 0. The van der Waals surface area contributed by atoms with Crippen molar-refractivity contribution >= 4 is 5.78 Å². The summed E-state index contributed by atoms with van der Waals surface area (Å²) in [5.41, 5.74) is 1.62. The summed E-state index contributed by atoms with van der Waals surface area (Å²) in [5, 5.41) is 9.73. The number of aromatic hydroxyl groups is 1. The number of Topliss-reactive ketones (excluding diaryl/α,β-unsaturated/α-hetero) is 1. The SMILES string of the molecule is CC(=O)c1c(O)cc(C)n(-c2cccc(C)c2)c1=O. The number of rotatable bonds is 2. The molecule has 4 nitrogen and oxygen atoms in total. The lowest BCUT2D eigenvalue weighted by molar-refractivity contribution is 0.101. The number of hydrogen-bond donors (Lipinski definition) is 1. The van der Waals surface area contributed by atoms with E-state index in [1.54, 1.807) is 13.0 Å². The van der Waals surface area contributed by atoms with Gasteiger partial charge in [0.1, 0.15) is 11.3 Å². The van der Waals surface area contributed by atoms with E-state index < -0.39 is 11.3 Å². The highest BCUT2D eigenvalue weighted by Crippen LogP contribution is 2.18. The Hall–Kier alpha value is -2.36. The van der Waals surface area contributed by atoms with Crippen LogP contribution in [0.2, 0.25) is 0 Å². The van der Waals surface area contributed by atoms with Gasteiger partial charge in [-0.3, -0.25) is 14.2 Å². The van der Waals surface area contributed by atoms with Crippen molar-refractivity contribution in [3.05, 3.63) is 57.5 Å². The van der Waals surface area contributed by atoms with E-state index in [4.69, 9.17) is 0 Å². The molecule has 2 aromatic rings. The predicted molar refractivity (Wildman–Crippen MR) is 73.2 cm³/mol. The van der Waals surface area contributed by atoms with Crippen LogP contribution in [0.4, 0.5) is 0 Å². The van der Waals surface area contributed by atoms with Gasteiger partial charge >= 0.3 is 0 Å². The molecule has 0 aliphatic rings. The molecule has 1 heterocycles. The van der Waals surface area contributed by atoms with Gasteiger partial charge in [-0.2, -0.15) is 0 Å². The summed E-state index contributed by atoms with van der Waals surface area (Å²) < 4.78 is 1.43. The minimum absolute atomic E-state index is 0.174. The van der Waals surface area contributed by atoms with Crippen LogP contribution in [0.3, 0.4) is 0 Å². The van der Waals surface area contributed by atoms with Crippen molar-refractivity contribution in [2.45, 2.75) is 20.8 Å². The van der Waals surface area contributed by atoms with Crippen molar-refractivity contribution in [1.29, 1.82) is 0 Å². The van der Waals surface area contributed by atoms with Gasteiger partial charge in [0.15, 0.2) is 5.78 Å². The van der Waals surface area contributed by atoms with E-state index in [1.807, 2.05) is 25.1 Å². The zero-order valence-corrected chi connectivity index (χ0v) is 11.1. The standard InChI is InChI=1S/C15H15NO3/c1-9-5-4-6-12(7-9)16-10(2)8-13(18)14(11(3)17)15(16)19/h4-8,18H,1-3H3. The van der Waals surface area contributed by atoms with Crippen molar-refractivity contribution in [2.75, 3.05) is 0 Å². The first kappa shape index (κ1) is 13.1. The van der Waals surface area contributed by atoms with Crippen LogP contribution in [0, 0.1) is 13.8 Å². The Labute approximate surface area is 110 Å². The summed E-state index contributed by atoms with van der Waals surface area (Å²) >= 11 is 0. The molecular formula is C15H15NO3. The third-order valence-electron chi connectivity index (χ3n) is 2.98. The van der Waals surface area contributed by atoms with Gasteiger partial charge in [0.2, 0.25) is 0 Å². The molecule has 0 amide bonds. The molecule has 0 atom stereocenters. The number of ketones is 1. The average molecular weight is 257 g/mol.